The first-order chi connectivity index (χ1) is 16.3. The van der Waals surface area contributed by atoms with Crippen molar-refractivity contribution in [3.05, 3.63) is 90.8 Å². The van der Waals surface area contributed by atoms with Gasteiger partial charge in [0.2, 0.25) is 5.91 Å². The largest absolute Gasteiger partial charge is 0.508 e. The first-order valence-corrected chi connectivity index (χ1v) is 12.9. The molecule has 0 aliphatic heterocycles. The number of hydrogen-bond acceptors (Lipinski definition) is 7. The molecule has 0 radical (unpaired) electrons. The molecule has 1 atom stereocenters. The van der Waals surface area contributed by atoms with Gasteiger partial charge in [-0.1, -0.05) is 48.2 Å². The number of anilines is 1. The highest BCUT2D eigenvalue weighted by atomic mass is 32.2. The monoisotopic (exact) mass is 494 g/mol. The van der Waals surface area contributed by atoms with E-state index >= 15 is 0 Å². The molecule has 0 aliphatic rings. The van der Waals surface area contributed by atoms with Crippen molar-refractivity contribution in [2.24, 2.45) is 0 Å². The maximum absolute atomic E-state index is 13.0. The molecule has 4 rings (SSSR count). The van der Waals surface area contributed by atoms with E-state index in [1.165, 1.54) is 23.9 Å². The Labute approximate surface area is 201 Å². The van der Waals surface area contributed by atoms with Gasteiger partial charge < -0.3 is 10.4 Å². The van der Waals surface area contributed by atoms with Gasteiger partial charge in [-0.2, -0.15) is 0 Å². The third-order valence-corrected chi connectivity index (χ3v) is 7.59. The molecule has 0 saturated heterocycles. The van der Waals surface area contributed by atoms with E-state index in [-0.39, 0.29) is 28.1 Å². The van der Waals surface area contributed by atoms with E-state index in [0.717, 1.165) is 0 Å². The third-order valence-electron chi connectivity index (χ3n) is 4.92. The molecule has 174 valence electrons. The Morgan fingerprint density at radius 2 is 1.59 bits per heavy atom. The molecular formula is C24H22N4O4S2. The van der Waals surface area contributed by atoms with Gasteiger partial charge in [-0.25, -0.2) is 8.42 Å². The van der Waals surface area contributed by atoms with Gasteiger partial charge in [0.15, 0.2) is 20.8 Å². The van der Waals surface area contributed by atoms with Gasteiger partial charge in [-0.3, -0.25) is 9.36 Å². The molecule has 1 aromatic heterocycles. The zero-order valence-corrected chi connectivity index (χ0v) is 19.8. The second-order valence-electron chi connectivity index (χ2n) is 7.44. The van der Waals surface area contributed by atoms with Crippen molar-refractivity contribution in [2.45, 2.75) is 28.0 Å². The number of hydrogen-bond donors (Lipinski definition) is 2. The van der Waals surface area contributed by atoms with Crippen LogP contribution in [0.25, 0.3) is 5.69 Å². The number of phenols is 1. The predicted octanol–water partition coefficient (Wildman–Crippen LogP) is 4.07. The highest BCUT2D eigenvalue weighted by molar-refractivity contribution is 8.00. The van der Waals surface area contributed by atoms with Crippen LogP contribution in [-0.2, 0) is 20.4 Å². The Balaban J connectivity index is 1.61. The van der Waals surface area contributed by atoms with E-state index in [2.05, 4.69) is 15.5 Å². The molecule has 8 nitrogen and oxygen atoms in total. The number of carbonyl (C=O) groups is 1. The summed E-state index contributed by atoms with van der Waals surface area (Å²) in [7, 11) is -3.65. The number of nitrogens with zero attached hydrogens (tertiary/aromatic N) is 3. The fraction of sp³-hybridized carbons (Fsp3) is 0.125. The average molecular weight is 495 g/mol. The lowest BCUT2D eigenvalue weighted by molar-refractivity contribution is -0.115. The fourth-order valence-corrected chi connectivity index (χ4v) is 5.34. The number of amides is 1. The van der Waals surface area contributed by atoms with Crippen LogP contribution in [0.5, 0.6) is 5.75 Å². The van der Waals surface area contributed by atoms with Gasteiger partial charge in [0.1, 0.15) is 11.5 Å². The Bertz CT molecular complexity index is 1370. The molecule has 0 bridgehead atoms. The zero-order chi connectivity index (χ0) is 24.1. The maximum atomic E-state index is 13.0. The Hall–Kier alpha value is -3.63. The summed E-state index contributed by atoms with van der Waals surface area (Å²) in [5.41, 5.74) is 1.24. The summed E-state index contributed by atoms with van der Waals surface area (Å²) in [6.45, 7) is 1.73. The molecule has 1 unspecified atom stereocenters. The van der Waals surface area contributed by atoms with Crippen molar-refractivity contribution in [1.29, 1.82) is 0 Å². The first-order valence-electron chi connectivity index (χ1n) is 10.4. The van der Waals surface area contributed by atoms with Crippen LogP contribution < -0.4 is 5.32 Å². The van der Waals surface area contributed by atoms with Crippen molar-refractivity contribution in [1.82, 2.24) is 14.8 Å². The summed E-state index contributed by atoms with van der Waals surface area (Å²) in [4.78, 5) is 12.9. The number of aromatic hydroxyl groups is 1. The van der Waals surface area contributed by atoms with Crippen LogP contribution in [-0.4, -0.2) is 39.4 Å². The van der Waals surface area contributed by atoms with E-state index < -0.39 is 15.1 Å². The molecule has 1 heterocycles. The van der Waals surface area contributed by atoms with Crippen molar-refractivity contribution in [3.63, 3.8) is 0 Å². The SMILES string of the molecule is CC(Sc1nnc(CS(=O)(=O)c2ccccc2)n1-c1ccccc1)C(=O)Nc1ccc(O)cc1. The Morgan fingerprint density at radius 1 is 0.971 bits per heavy atom. The number of para-hydroxylation sites is 1. The molecular weight excluding hydrogens is 472 g/mol. The van der Waals surface area contributed by atoms with Gasteiger partial charge in [-0.05, 0) is 55.5 Å². The summed E-state index contributed by atoms with van der Waals surface area (Å²) in [5, 5.41) is 20.4. The van der Waals surface area contributed by atoms with E-state index in [1.54, 1.807) is 54.0 Å². The van der Waals surface area contributed by atoms with Crippen LogP contribution in [0.3, 0.4) is 0 Å². The van der Waals surface area contributed by atoms with Gasteiger partial charge in [0, 0.05) is 11.4 Å². The van der Waals surface area contributed by atoms with Crippen molar-refractivity contribution >= 4 is 33.2 Å². The van der Waals surface area contributed by atoms with E-state index in [4.69, 9.17) is 0 Å². The molecule has 3 aromatic carbocycles. The summed E-state index contributed by atoms with van der Waals surface area (Å²) in [6.07, 6.45) is 0. The Morgan fingerprint density at radius 3 is 2.24 bits per heavy atom. The lowest BCUT2D eigenvalue weighted by Crippen LogP contribution is -2.23. The molecule has 10 heteroatoms. The van der Waals surface area contributed by atoms with Gasteiger partial charge in [0.25, 0.3) is 0 Å². The molecule has 0 spiro atoms. The van der Waals surface area contributed by atoms with Crippen LogP contribution in [0.4, 0.5) is 5.69 Å². The molecule has 0 aliphatic carbocycles. The minimum Gasteiger partial charge on any atom is -0.508 e. The number of phenolic OH excluding ortho intramolecular Hbond substituents is 1. The topological polar surface area (TPSA) is 114 Å². The van der Waals surface area contributed by atoms with Crippen molar-refractivity contribution < 1.29 is 18.3 Å². The second kappa shape index (κ2) is 10.1. The minimum atomic E-state index is -3.65. The summed E-state index contributed by atoms with van der Waals surface area (Å²) < 4.78 is 27.6. The van der Waals surface area contributed by atoms with Crippen LogP contribution in [0.2, 0.25) is 0 Å². The second-order valence-corrected chi connectivity index (χ2v) is 10.7. The summed E-state index contributed by atoms with van der Waals surface area (Å²) >= 11 is 1.17. The Kier molecular flexibility index (Phi) is 6.99. The normalized spacial score (nSPS) is 12.3. The smallest absolute Gasteiger partial charge is 0.237 e. The lowest BCUT2D eigenvalue weighted by atomic mass is 10.3. The molecule has 0 fully saturated rings. The van der Waals surface area contributed by atoms with Gasteiger partial charge >= 0.3 is 0 Å². The van der Waals surface area contributed by atoms with Crippen molar-refractivity contribution in [3.8, 4) is 11.4 Å². The summed E-state index contributed by atoms with van der Waals surface area (Å²) in [6, 6.07) is 23.5. The van der Waals surface area contributed by atoms with E-state index in [0.29, 0.717) is 16.5 Å². The van der Waals surface area contributed by atoms with E-state index in [9.17, 15) is 18.3 Å². The number of thioether (sulfide) groups is 1. The standard InChI is InChI=1S/C24H22N4O4S2/c1-17(23(30)25-18-12-14-20(29)15-13-18)33-24-27-26-22(28(24)19-8-4-2-5-9-19)16-34(31,32)21-10-6-3-7-11-21/h2-15,17,29H,16H2,1H3,(H,25,30). The number of benzene rings is 3. The molecule has 34 heavy (non-hydrogen) atoms. The average Bonchev–Trinajstić information content (AvgIpc) is 3.22. The van der Waals surface area contributed by atoms with Crippen LogP contribution in [0.1, 0.15) is 12.7 Å². The van der Waals surface area contributed by atoms with E-state index in [1.807, 2.05) is 30.3 Å². The lowest BCUT2D eigenvalue weighted by Gasteiger charge is -2.14. The number of sulfone groups is 1. The fourth-order valence-electron chi connectivity index (χ4n) is 3.19. The molecule has 2 N–H and O–H groups in total. The van der Waals surface area contributed by atoms with Crippen LogP contribution in [0, 0.1) is 0 Å². The number of carbonyl (C=O) groups excluding carboxylic acids is 1. The quantitative estimate of drug-likeness (QED) is 0.280. The highest BCUT2D eigenvalue weighted by Gasteiger charge is 2.25. The van der Waals surface area contributed by atoms with Gasteiger partial charge in [-0.15, -0.1) is 10.2 Å². The number of aromatic nitrogens is 3. The van der Waals surface area contributed by atoms with Crippen LogP contribution >= 0.6 is 11.8 Å². The molecule has 1 amide bonds. The third kappa shape index (κ3) is 5.46. The zero-order valence-electron chi connectivity index (χ0n) is 18.2. The summed E-state index contributed by atoms with van der Waals surface area (Å²) in [5.74, 6) is -0.247. The van der Waals surface area contributed by atoms with Crippen molar-refractivity contribution in [2.75, 3.05) is 5.32 Å². The number of nitrogens with one attached hydrogen (secondary N) is 1. The first kappa shape index (κ1) is 23.5. The van der Waals surface area contributed by atoms with Crippen LogP contribution in [0.15, 0.2) is 95.0 Å². The minimum absolute atomic E-state index is 0.106. The van der Waals surface area contributed by atoms with Gasteiger partial charge in [0.05, 0.1) is 10.1 Å². The highest BCUT2D eigenvalue weighted by Crippen LogP contribution is 2.28. The maximum Gasteiger partial charge on any atom is 0.237 e. The molecule has 0 saturated carbocycles. The molecule has 4 aromatic rings. The number of rotatable bonds is 8. The predicted molar refractivity (Wildman–Crippen MR) is 131 cm³/mol.